The van der Waals surface area contributed by atoms with Crippen molar-refractivity contribution in [1.29, 1.82) is 0 Å². The van der Waals surface area contributed by atoms with Crippen molar-refractivity contribution in [3.8, 4) is 0 Å². The van der Waals surface area contributed by atoms with Gasteiger partial charge in [-0.1, -0.05) is 48.5 Å². The van der Waals surface area contributed by atoms with E-state index in [2.05, 4.69) is 0 Å². The van der Waals surface area contributed by atoms with Crippen LogP contribution in [-0.2, 0) is 16.1 Å². The van der Waals surface area contributed by atoms with E-state index in [1.54, 1.807) is 0 Å². The quantitative estimate of drug-likeness (QED) is 0.792. The molecule has 0 amide bonds. The third-order valence-corrected chi connectivity index (χ3v) is 2.89. The maximum Gasteiger partial charge on any atom is 0.325 e. The number of anilines is 1. The number of hydrogen-bond acceptors (Lipinski definition) is 3. The van der Waals surface area contributed by atoms with Crippen molar-refractivity contribution >= 4 is 24.1 Å². The van der Waals surface area contributed by atoms with Gasteiger partial charge in [0.05, 0.1) is 7.11 Å². The van der Waals surface area contributed by atoms with Gasteiger partial charge in [0, 0.05) is 12.2 Å². The van der Waals surface area contributed by atoms with Crippen LogP contribution in [-0.4, -0.2) is 19.6 Å². The third-order valence-electron chi connectivity index (χ3n) is 2.89. The van der Waals surface area contributed by atoms with Crippen molar-refractivity contribution in [3.63, 3.8) is 0 Å². The molecule has 0 aliphatic heterocycles. The number of ether oxygens (including phenoxy) is 1. The van der Waals surface area contributed by atoms with Gasteiger partial charge in [-0.25, -0.2) is 0 Å². The zero-order valence-corrected chi connectivity index (χ0v) is 12.2. The van der Waals surface area contributed by atoms with Gasteiger partial charge in [0.25, 0.3) is 0 Å². The third kappa shape index (κ3) is 4.59. The van der Waals surface area contributed by atoms with Crippen molar-refractivity contribution in [3.05, 3.63) is 66.2 Å². The molecular formula is C16H18ClNO2. The van der Waals surface area contributed by atoms with E-state index in [9.17, 15) is 4.79 Å². The fraction of sp³-hybridized carbons (Fsp3) is 0.188. The second kappa shape index (κ2) is 8.23. The standard InChI is InChI=1S/C16H17NO2.ClH/c1-19-16(18)13-17(15-10-6-3-7-11-15)12-14-8-4-2-5-9-14;/h2-11H,12-13H2,1H3;1H. The molecule has 0 saturated carbocycles. The normalized spacial score (nSPS) is 9.45. The van der Waals surface area contributed by atoms with E-state index >= 15 is 0 Å². The number of esters is 1. The Morgan fingerprint density at radius 2 is 1.55 bits per heavy atom. The predicted molar refractivity (Wildman–Crippen MR) is 83.2 cm³/mol. The molecule has 0 heterocycles. The van der Waals surface area contributed by atoms with Gasteiger partial charge >= 0.3 is 5.97 Å². The first-order chi connectivity index (χ1) is 9.29. The SMILES string of the molecule is COC(=O)CN(Cc1ccccc1)c1ccccc1.Cl. The molecule has 2 aromatic carbocycles. The van der Waals surface area contributed by atoms with E-state index in [0.29, 0.717) is 6.54 Å². The number of hydrogen-bond donors (Lipinski definition) is 0. The van der Waals surface area contributed by atoms with E-state index in [0.717, 1.165) is 11.3 Å². The summed E-state index contributed by atoms with van der Waals surface area (Å²) < 4.78 is 4.76. The lowest BCUT2D eigenvalue weighted by Gasteiger charge is -2.23. The lowest BCUT2D eigenvalue weighted by atomic mass is 10.2. The molecule has 0 aromatic heterocycles. The topological polar surface area (TPSA) is 29.5 Å². The summed E-state index contributed by atoms with van der Waals surface area (Å²) >= 11 is 0. The number of benzene rings is 2. The second-order valence-electron chi connectivity index (χ2n) is 4.25. The summed E-state index contributed by atoms with van der Waals surface area (Å²) in [5.74, 6) is -0.236. The highest BCUT2D eigenvalue weighted by molar-refractivity contribution is 5.85. The zero-order chi connectivity index (χ0) is 13.5. The van der Waals surface area contributed by atoms with Crippen LogP contribution in [0, 0.1) is 0 Å². The van der Waals surface area contributed by atoms with Crippen LogP contribution in [0.4, 0.5) is 5.69 Å². The van der Waals surface area contributed by atoms with E-state index < -0.39 is 0 Å². The summed E-state index contributed by atoms with van der Waals surface area (Å²) in [6.45, 7) is 0.926. The number of halogens is 1. The Labute approximate surface area is 125 Å². The average Bonchev–Trinajstić information content (AvgIpc) is 2.48. The minimum absolute atomic E-state index is 0. The number of rotatable bonds is 5. The Morgan fingerprint density at radius 1 is 1.00 bits per heavy atom. The Balaban J connectivity index is 0.00000200. The summed E-state index contributed by atoms with van der Waals surface area (Å²) in [4.78, 5) is 13.5. The maximum atomic E-state index is 11.5. The Hall–Kier alpha value is -2.00. The van der Waals surface area contributed by atoms with Crippen LogP contribution in [0.2, 0.25) is 0 Å². The average molecular weight is 292 g/mol. The summed E-state index contributed by atoms with van der Waals surface area (Å²) in [6.07, 6.45) is 0. The summed E-state index contributed by atoms with van der Waals surface area (Å²) in [6, 6.07) is 19.9. The highest BCUT2D eigenvalue weighted by atomic mass is 35.5. The summed E-state index contributed by atoms with van der Waals surface area (Å²) in [5.41, 5.74) is 2.17. The molecule has 0 fully saturated rings. The molecule has 106 valence electrons. The fourth-order valence-electron chi connectivity index (χ4n) is 1.90. The number of para-hydroxylation sites is 1. The Kier molecular flexibility index (Phi) is 6.60. The fourth-order valence-corrected chi connectivity index (χ4v) is 1.90. The van der Waals surface area contributed by atoms with Crippen LogP contribution in [0.25, 0.3) is 0 Å². The monoisotopic (exact) mass is 291 g/mol. The summed E-state index contributed by atoms with van der Waals surface area (Å²) in [7, 11) is 1.41. The number of nitrogens with zero attached hydrogens (tertiary/aromatic N) is 1. The molecular weight excluding hydrogens is 274 g/mol. The molecule has 0 unspecified atom stereocenters. The first-order valence-corrected chi connectivity index (χ1v) is 6.20. The molecule has 0 aliphatic rings. The number of carbonyl (C=O) groups is 1. The number of carbonyl (C=O) groups excluding carboxylic acids is 1. The van der Waals surface area contributed by atoms with Gasteiger partial charge in [-0.15, -0.1) is 12.4 Å². The minimum Gasteiger partial charge on any atom is -0.468 e. The molecule has 3 nitrogen and oxygen atoms in total. The van der Waals surface area contributed by atoms with Gasteiger partial charge in [-0.2, -0.15) is 0 Å². The van der Waals surface area contributed by atoms with Crippen molar-refractivity contribution < 1.29 is 9.53 Å². The van der Waals surface area contributed by atoms with Crippen LogP contribution < -0.4 is 4.90 Å². The van der Waals surface area contributed by atoms with Gasteiger partial charge in [0.15, 0.2) is 0 Å². The Morgan fingerprint density at radius 3 is 2.10 bits per heavy atom. The molecule has 20 heavy (non-hydrogen) atoms. The van der Waals surface area contributed by atoms with E-state index in [-0.39, 0.29) is 24.9 Å². The largest absolute Gasteiger partial charge is 0.468 e. The lowest BCUT2D eigenvalue weighted by molar-refractivity contribution is -0.138. The molecule has 2 rings (SSSR count). The highest BCUT2D eigenvalue weighted by Gasteiger charge is 2.12. The van der Waals surface area contributed by atoms with Crippen LogP contribution in [0.1, 0.15) is 5.56 Å². The van der Waals surface area contributed by atoms with E-state index in [1.807, 2.05) is 65.6 Å². The zero-order valence-electron chi connectivity index (χ0n) is 11.4. The lowest BCUT2D eigenvalue weighted by Crippen LogP contribution is -2.30. The van der Waals surface area contributed by atoms with Gasteiger partial charge < -0.3 is 9.64 Å². The van der Waals surface area contributed by atoms with Crippen LogP contribution >= 0.6 is 12.4 Å². The Bertz CT molecular complexity index is 517. The van der Waals surface area contributed by atoms with Crippen molar-refractivity contribution in [2.24, 2.45) is 0 Å². The highest BCUT2D eigenvalue weighted by Crippen LogP contribution is 2.16. The van der Waals surface area contributed by atoms with Crippen LogP contribution in [0.5, 0.6) is 0 Å². The maximum absolute atomic E-state index is 11.5. The molecule has 0 spiro atoms. The summed E-state index contributed by atoms with van der Waals surface area (Å²) in [5, 5.41) is 0. The molecule has 0 saturated heterocycles. The number of methoxy groups -OCH3 is 1. The molecule has 0 bridgehead atoms. The van der Waals surface area contributed by atoms with Crippen LogP contribution in [0.15, 0.2) is 60.7 Å². The van der Waals surface area contributed by atoms with Gasteiger partial charge in [-0.3, -0.25) is 4.79 Å². The van der Waals surface area contributed by atoms with Crippen LogP contribution in [0.3, 0.4) is 0 Å². The van der Waals surface area contributed by atoms with Gasteiger partial charge in [0.1, 0.15) is 6.54 Å². The molecule has 4 heteroatoms. The smallest absolute Gasteiger partial charge is 0.325 e. The predicted octanol–water partition coefficient (Wildman–Crippen LogP) is 3.29. The first-order valence-electron chi connectivity index (χ1n) is 6.20. The first kappa shape index (κ1) is 16.1. The van der Waals surface area contributed by atoms with Crippen molar-refractivity contribution in [2.75, 3.05) is 18.6 Å². The van der Waals surface area contributed by atoms with E-state index in [4.69, 9.17) is 4.74 Å². The molecule has 0 radical (unpaired) electrons. The second-order valence-corrected chi connectivity index (χ2v) is 4.25. The molecule has 0 N–H and O–H groups in total. The van der Waals surface area contributed by atoms with Crippen molar-refractivity contribution in [2.45, 2.75) is 6.54 Å². The van der Waals surface area contributed by atoms with Gasteiger partial charge in [0.2, 0.25) is 0 Å². The van der Waals surface area contributed by atoms with E-state index in [1.165, 1.54) is 7.11 Å². The van der Waals surface area contributed by atoms with Gasteiger partial charge in [-0.05, 0) is 17.7 Å². The minimum atomic E-state index is -0.236. The van der Waals surface area contributed by atoms with Crippen molar-refractivity contribution in [1.82, 2.24) is 0 Å². The molecule has 0 atom stereocenters. The molecule has 2 aromatic rings. The molecule has 0 aliphatic carbocycles.